The second-order valence-corrected chi connectivity index (χ2v) is 1.48. The second-order valence-electron chi connectivity index (χ2n) is 1.48. The first-order valence-corrected chi connectivity index (χ1v) is 2.45. The van der Waals surface area contributed by atoms with Crippen molar-refractivity contribution in [3.63, 3.8) is 0 Å². The third-order valence-electron chi connectivity index (χ3n) is 0.802. The Balaban J connectivity index is -0.0000000234. The summed E-state index contributed by atoms with van der Waals surface area (Å²) in [4.78, 5) is 21.3. The Kier molecular flexibility index (Phi) is 57.1. The molecule has 0 aromatic rings. The van der Waals surface area contributed by atoms with E-state index in [-0.39, 0.29) is 70.0 Å². The molecule has 0 saturated heterocycles. The van der Waals surface area contributed by atoms with Gasteiger partial charge in [-0.05, 0) is 12.3 Å². The van der Waals surface area contributed by atoms with Gasteiger partial charge in [0.2, 0.25) is 5.91 Å². The van der Waals surface area contributed by atoms with Crippen molar-refractivity contribution in [1.29, 1.82) is 0 Å². The Labute approximate surface area is 113 Å². The van der Waals surface area contributed by atoms with Crippen LogP contribution in [0.25, 0.3) is 0 Å². The monoisotopic (exact) mass is 444 g/mol. The third-order valence-corrected chi connectivity index (χ3v) is 0.802. The summed E-state index contributed by atoms with van der Waals surface area (Å²) < 4.78 is 0. The molecule has 0 aliphatic carbocycles. The molecule has 11 heteroatoms. The minimum atomic E-state index is -0.273. The number of amides is 1. The van der Waals surface area contributed by atoms with E-state index in [2.05, 4.69) is 4.99 Å². The molecule has 98 valence electrons. The zero-order chi connectivity index (χ0) is 7.98. The van der Waals surface area contributed by atoms with Crippen LogP contribution in [0.4, 0.5) is 0 Å². The molecular formula is C4H11Cl2N4O4Pt-3. The molecule has 1 amide bonds. The first kappa shape index (κ1) is 36.4. The molecule has 0 radical (unpaired) electrons. The van der Waals surface area contributed by atoms with E-state index in [1.165, 1.54) is 5.34 Å². The number of nitrogens with zero attached hydrogens (tertiary/aromatic N) is 2. The fourth-order valence-corrected chi connectivity index (χ4v) is 0.465. The standard InChI is InChI=1S/C4H5NO2.2ClH.HNO2.2H3N.Pt/c6-3-1-2-4(7)5-3;;;2-1-3;;;/h1-2H2,(H,5,6,7);2*1H;(H,2,3);2*1H3;/p-3. The minimum absolute atomic E-state index is 0. The van der Waals surface area contributed by atoms with E-state index in [1.807, 2.05) is 0 Å². The van der Waals surface area contributed by atoms with Crippen LogP contribution in [-0.4, -0.2) is 17.0 Å². The molecule has 0 spiro atoms. The summed E-state index contributed by atoms with van der Waals surface area (Å²) in [6.07, 6.45) is 0.637. The summed E-state index contributed by atoms with van der Waals surface area (Å²) in [5.41, 5.74) is 0. The van der Waals surface area contributed by atoms with Gasteiger partial charge in [0.1, 0.15) is 0 Å². The van der Waals surface area contributed by atoms with Gasteiger partial charge in [-0.3, -0.25) is 4.79 Å². The topological polar surface area (TPSA) is 172 Å². The van der Waals surface area contributed by atoms with E-state index < -0.39 is 0 Å². The zero-order valence-corrected chi connectivity index (χ0v) is 11.3. The van der Waals surface area contributed by atoms with Gasteiger partial charge in [-0.25, -0.2) is 4.99 Å². The van der Waals surface area contributed by atoms with Crippen molar-refractivity contribution in [2.45, 2.75) is 12.8 Å². The molecule has 0 unspecified atom stereocenters. The van der Waals surface area contributed by atoms with Crippen molar-refractivity contribution < 1.29 is 61.0 Å². The number of halogens is 2. The fourth-order valence-electron chi connectivity index (χ4n) is 0.465. The first-order valence-electron chi connectivity index (χ1n) is 2.45. The number of rotatable bonds is 0. The number of carbonyl (C=O) groups excluding carboxylic acids is 1. The van der Waals surface area contributed by atoms with Crippen LogP contribution in [0.2, 0.25) is 0 Å². The molecule has 1 heterocycles. The number of hydrogen-bond donors (Lipinski definition) is 3. The zero-order valence-electron chi connectivity index (χ0n) is 7.47. The Hall–Kier alpha value is -0.272. The Morgan fingerprint density at radius 2 is 1.60 bits per heavy atom. The Morgan fingerprint density at radius 1 is 1.27 bits per heavy atom. The molecule has 8 nitrogen and oxygen atoms in total. The third kappa shape index (κ3) is 24.8. The van der Waals surface area contributed by atoms with E-state index in [9.17, 15) is 9.90 Å². The molecule has 15 heavy (non-hydrogen) atoms. The predicted molar refractivity (Wildman–Crippen MR) is 39.3 cm³/mol. The maximum atomic E-state index is 10.1. The van der Waals surface area contributed by atoms with Crippen LogP contribution >= 0.6 is 0 Å². The summed E-state index contributed by atoms with van der Waals surface area (Å²) in [6, 6.07) is 0. The van der Waals surface area contributed by atoms with Gasteiger partial charge >= 0.3 is 0 Å². The SMILES string of the molecule is N.N.O=C1CCC([O-])=N1.O=NO.[Cl-].[Cl-].[Pt]. The van der Waals surface area contributed by atoms with Gasteiger partial charge in [-0.2, -0.15) is 0 Å². The average Bonchev–Trinajstić information content (AvgIpc) is 2.17. The van der Waals surface area contributed by atoms with Gasteiger partial charge in [0.05, 0.1) is 0 Å². The largest absolute Gasteiger partial charge is 1.00 e. The van der Waals surface area contributed by atoms with Gasteiger partial charge in [-0.1, -0.05) is 0 Å². The van der Waals surface area contributed by atoms with Crippen LogP contribution in [0.5, 0.6) is 0 Å². The molecule has 0 saturated carbocycles. The Morgan fingerprint density at radius 3 is 1.67 bits per heavy atom. The molecular weight excluding hydrogens is 434 g/mol. The molecule has 0 atom stereocenters. The quantitative estimate of drug-likeness (QED) is 0.247. The molecule has 1 rings (SSSR count). The van der Waals surface area contributed by atoms with Gasteiger partial charge in [0.15, 0.2) is 5.34 Å². The van der Waals surface area contributed by atoms with Crippen LogP contribution in [0, 0.1) is 4.91 Å². The number of aliphatic imine (C=N–C) groups is 1. The van der Waals surface area contributed by atoms with Crippen molar-refractivity contribution >= 4 is 11.8 Å². The van der Waals surface area contributed by atoms with Crippen LogP contribution in [-0.2, 0) is 25.9 Å². The van der Waals surface area contributed by atoms with Crippen molar-refractivity contribution in [2.75, 3.05) is 0 Å². The van der Waals surface area contributed by atoms with E-state index >= 15 is 0 Å². The maximum absolute atomic E-state index is 10.1. The predicted octanol–water partition coefficient (Wildman–Crippen LogP) is -6.46. The van der Waals surface area contributed by atoms with Gasteiger partial charge in [0, 0.05) is 27.5 Å². The van der Waals surface area contributed by atoms with Crippen molar-refractivity contribution in [3.8, 4) is 0 Å². The molecule has 0 aromatic carbocycles. The smallest absolute Gasteiger partial charge is 0.245 e. The summed E-state index contributed by atoms with van der Waals surface area (Å²) >= 11 is 0. The molecule has 1 aliphatic rings. The van der Waals surface area contributed by atoms with Crippen LogP contribution in [0.3, 0.4) is 0 Å². The van der Waals surface area contributed by atoms with E-state index in [0.717, 1.165) is 0 Å². The van der Waals surface area contributed by atoms with Crippen LogP contribution in [0.1, 0.15) is 12.8 Å². The molecule has 0 bridgehead atoms. The second kappa shape index (κ2) is 23.5. The number of hydrogen-bond acceptors (Lipinski definition) is 6. The summed E-state index contributed by atoms with van der Waals surface area (Å²) in [7, 11) is 0. The van der Waals surface area contributed by atoms with E-state index in [0.29, 0.717) is 12.8 Å². The van der Waals surface area contributed by atoms with E-state index in [4.69, 9.17) is 10.1 Å². The van der Waals surface area contributed by atoms with Gasteiger partial charge < -0.3 is 47.4 Å². The normalized spacial score (nSPS) is 10.1. The Bertz CT molecular complexity index is 182. The average molecular weight is 445 g/mol. The maximum Gasteiger partial charge on any atom is 0.245 e. The molecule has 0 fully saturated rings. The summed E-state index contributed by atoms with van der Waals surface area (Å²) in [5.74, 6) is -0.546. The van der Waals surface area contributed by atoms with Crippen LogP contribution < -0.4 is 42.2 Å². The van der Waals surface area contributed by atoms with Crippen LogP contribution in [0.15, 0.2) is 10.3 Å². The first-order chi connectivity index (χ1) is 4.70. The summed E-state index contributed by atoms with van der Waals surface area (Å²) in [6.45, 7) is 0. The molecule has 7 N–H and O–H groups in total. The van der Waals surface area contributed by atoms with Crippen molar-refractivity contribution in [3.05, 3.63) is 4.91 Å². The number of carbonyl (C=O) groups is 1. The van der Waals surface area contributed by atoms with Crippen molar-refractivity contribution in [1.82, 2.24) is 12.3 Å². The molecule has 0 aromatic heterocycles. The fraction of sp³-hybridized carbons (Fsp3) is 0.500. The summed E-state index contributed by atoms with van der Waals surface area (Å²) in [5, 5.41) is 18.0. The van der Waals surface area contributed by atoms with Gasteiger partial charge in [0.25, 0.3) is 0 Å². The van der Waals surface area contributed by atoms with E-state index in [1.54, 1.807) is 0 Å². The van der Waals surface area contributed by atoms with Gasteiger partial charge in [-0.15, -0.1) is 4.91 Å². The van der Waals surface area contributed by atoms with Crippen molar-refractivity contribution in [2.24, 2.45) is 10.3 Å². The minimum Gasteiger partial charge on any atom is -1.00 e. The molecule has 1 aliphatic heterocycles.